The summed E-state index contributed by atoms with van der Waals surface area (Å²) in [5.41, 5.74) is 0.368. The third-order valence-corrected chi connectivity index (χ3v) is 5.57. The maximum atomic E-state index is 9.65. The fraction of sp³-hybridized carbons (Fsp3) is 0.895. The summed E-state index contributed by atoms with van der Waals surface area (Å²) in [4.78, 5) is 4.97. The van der Waals surface area contributed by atoms with E-state index in [0.29, 0.717) is 11.3 Å². The predicted octanol–water partition coefficient (Wildman–Crippen LogP) is 2.00. The van der Waals surface area contributed by atoms with Crippen molar-refractivity contribution in [1.82, 2.24) is 24.6 Å². The molecule has 1 aromatic heterocycles. The van der Waals surface area contributed by atoms with Gasteiger partial charge in [0.15, 0.2) is 0 Å². The Morgan fingerprint density at radius 3 is 2.16 bits per heavy atom. The molecule has 0 aromatic carbocycles. The van der Waals surface area contributed by atoms with E-state index in [0.717, 1.165) is 57.2 Å². The van der Waals surface area contributed by atoms with E-state index in [2.05, 4.69) is 52.4 Å². The predicted molar refractivity (Wildman–Crippen MR) is 99.4 cm³/mol. The number of aliphatic hydroxyl groups is 1. The van der Waals surface area contributed by atoms with E-state index in [1.165, 1.54) is 19.4 Å². The van der Waals surface area contributed by atoms with Crippen LogP contribution in [0.2, 0.25) is 0 Å². The van der Waals surface area contributed by atoms with Gasteiger partial charge in [-0.15, -0.1) is 10.2 Å². The Balaban J connectivity index is 1.55. The minimum Gasteiger partial charge on any atom is -0.393 e. The van der Waals surface area contributed by atoms with E-state index in [1.807, 2.05) is 0 Å². The number of hydrogen-bond donors (Lipinski definition) is 1. The number of aliphatic hydroxyl groups excluding tert-OH is 1. The summed E-state index contributed by atoms with van der Waals surface area (Å²) in [7, 11) is 2.12. The second-order valence-corrected chi connectivity index (χ2v) is 9.15. The second-order valence-electron chi connectivity index (χ2n) is 9.15. The first-order valence-electron chi connectivity index (χ1n) is 9.83. The first-order chi connectivity index (χ1) is 11.8. The highest BCUT2D eigenvalue weighted by molar-refractivity contribution is 5.03. The summed E-state index contributed by atoms with van der Waals surface area (Å²) in [6, 6.07) is 0. The van der Waals surface area contributed by atoms with Gasteiger partial charge in [-0.25, -0.2) is 0 Å². The van der Waals surface area contributed by atoms with Crippen molar-refractivity contribution in [1.29, 1.82) is 0 Å². The van der Waals surface area contributed by atoms with Gasteiger partial charge in [-0.3, -0.25) is 4.90 Å². The molecular formula is C19H35N5O. The molecule has 6 heteroatoms. The quantitative estimate of drug-likeness (QED) is 0.901. The van der Waals surface area contributed by atoms with E-state index in [1.54, 1.807) is 0 Å². The van der Waals surface area contributed by atoms with Gasteiger partial charge in [0.05, 0.1) is 12.6 Å². The molecule has 3 heterocycles. The molecule has 2 aliphatic heterocycles. The van der Waals surface area contributed by atoms with Crippen LogP contribution in [0.3, 0.4) is 0 Å². The fourth-order valence-corrected chi connectivity index (χ4v) is 4.17. The van der Waals surface area contributed by atoms with E-state index in [9.17, 15) is 5.11 Å². The minimum absolute atomic E-state index is 0.121. The molecular weight excluding hydrogens is 314 g/mol. The SMILES string of the molecule is Cn1c(CN2CCC(O)CC2)nnc1C1CCN(CC(C)(C)C)CC1. The zero-order chi connectivity index (χ0) is 18.0. The van der Waals surface area contributed by atoms with Gasteiger partial charge in [0.2, 0.25) is 0 Å². The van der Waals surface area contributed by atoms with Gasteiger partial charge in [-0.05, 0) is 44.2 Å². The van der Waals surface area contributed by atoms with Crippen molar-refractivity contribution >= 4 is 0 Å². The largest absolute Gasteiger partial charge is 0.393 e. The molecule has 0 saturated carbocycles. The molecule has 2 aliphatic rings. The van der Waals surface area contributed by atoms with Crippen LogP contribution in [-0.2, 0) is 13.6 Å². The number of piperidine rings is 2. The van der Waals surface area contributed by atoms with E-state index >= 15 is 0 Å². The van der Waals surface area contributed by atoms with Crippen molar-refractivity contribution in [3.05, 3.63) is 11.6 Å². The molecule has 1 aromatic rings. The molecule has 2 saturated heterocycles. The number of rotatable bonds is 4. The van der Waals surface area contributed by atoms with Gasteiger partial charge in [0, 0.05) is 32.6 Å². The van der Waals surface area contributed by atoms with Crippen LogP contribution in [0, 0.1) is 5.41 Å². The van der Waals surface area contributed by atoms with Gasteiger partial charge < -0.3 is 14.6 Å². The Labute approximate surface area is 152 Å². The first kappa shape index (κ1) is 18.8. The van der Waals surface area contributed by atoms with Crippen LogP contribution in [0.4, 0.5) is 0 Å². The summed E-state index contributed by atoms with van der Waals surface area (Å²) in [6.07, 6.45) is 3.98. The van der Waals surface area contributed by atoms with Crippen LogP contribution >= 0.6 is 0 Å². The normalized spacial score (nSPS) is 22.6. The summed E-state index contributed by atoms with van der Waals surface area (Å²) < 4.78 is 2.22. The molecule has 25 heavy (non-hydrogen) atoms. The van der Waals surface area contributed by atoms with Crippen molar-refractivity contribution in [2.24, 2.45) is 12.5 Å². The van der Waals surface area contributed by atoms with Crippen LogP contribution in [0.15, 0.2) is 0 Å². The molecule has 1 N–H and O–H groups in total. The summed E-state index contributed by atoms with van der Waals surface area (Å²) in [5, 5.41) is 18.7. The number of hydrogen-bond acceptors (Lipinski definition) is 5. The number of nitrogens with zero attached hydrogens (tertiary/aromatic N) is 5. The van der Waals surface area contributed by atoms with Gasteiger partial charge in [0.1, 0.15) is 11.6 Å². The van der Waals surface area contributed by atoms with E-state index in [4.69, 9.17) is 0 Å². The lowest BCUT2D eigenvalue weighted by Gasteiger charge is -2.35. The third kappa shape index (κ3) is 5.02. The molecule has 0 aliphatic carbocycles. The molecule has 0 bridgehead atoms. The summed E-state index contributed by atoms with van der Waals surface area (Å²) in [5.74, 6) is 2.75. The van der Waals surface area contributed by atoms with Gasteiger partial charge in [0.25, 0.3) is 0 Å². The van der Waals surface area contributed by atoms with Crippen molar-refractivity contribution in [3.63, 3.8) is 0 Å². The molecule has 142 valence electrons. The lowest BCUT2D eigenvalue weighted by atomic mass is 9.91. The molecule has 3 rings (SSSR count). The average molecular weight is 350 g/mol. The molecule has 0 radical (unpaired) electrons. The van der Waals surface area contributed by atoms with Crippen molar-refractivity contribution in [2.45, 2.75) is 65.0 Å². The number of aromatic nitrogens is 3. The first-order valence-corrected chi connectivity index (χ1v) is 9.83. The molecule has 2 fully saturated rings. The van der Waals surface area contributed by atoms with Crippen LogP contribution in [0.25, 0.3) is 0 Å². The molecule has 0 atom stereocenters. The van der Waals surface area contributed by atoms with E-state index < -0.39 is 0 Å². The highest BCUT2D eigenvalue weighted by atomic mass is 16.3. The van der Waals surface area contributed by atoms with Crippen molar-refractivity contribution in [2.75, 3.05) is 32.7 Å². The van der Waals surface area contributed by atoms with Crippen LogP contribution in [0.1, 0.15) is 64.0 Å². The minimum atomic E-state index is -0.121. The Bertz CT molecular complexity index is 549. The van der Waals surface area contributed by atoms with Crippen LogP contribution in [0.5, 0.6) is 0 Å². The molecule has 6 nitrogen and oxygen atoms in total. The van der Waals surface area contributed by atoms with Crippen LogP contribution in [-0.4, -0.2) is 68.5 Å². The second kappa shape index (κ2) is 7.72. The van der Waals surface area contributed by atoms with E-state index in [-0.39, 0.29) is 6.10 Å². The molecule has 0 unspecified atom stereocenters. The lowest BCUT2D eigenvalue weighted by molar-refractivity contribution is 0.0775. The standard InChI is InChI=1S/C19H35N5O/c1-19(2,3)14-24-9-5-15(6-10-24)18-21-20-17(22(18)4)13-23-11-7-16(25)8-12-23/h15-16,25H,5-14H2,1-4H3. The summed E-state index contributed by atoms with van der Waals surface area (Å²) in [6.45, 7) is 13.2. The fourth-order valence-electron chi connectivity index (χ4n) is 4.17. The summed E-state index contributed by atoms with van der Waals surface area (Å²) >= 11 is 0. The van der Waals surface area contributed by atoms with Gasteiger partial charge >= 0.3 is 0 Å². The van der Waals surface area contributed by atoms with Crippen molar-refractivity contribution in [3.8, 4) is 0 Å². The lowest BCUT2D eigenvalue weighted by Crippen LogP contribution is -2.39. The Kier molecular flexibility index (Phi) is 5.81. The molecule has 0 spiro atoms. The zero-order valence-corrected chi connectivity index (χ0v) is 16.4. The highest BCUT2D eigenvalue weighted by Crippen LogP contribution is 2.29. The monoisotopic (exact) mass is 349 g/mol. The van der Waals surface area contributed by atoms with Gasteiger partial charge in [-0.1, -0.05) is 20.8 Å². The number of likely N-dealkylation sites (tertiary alicyclic amines) is 2. The zero-order valence-electron chi connectivity index (χ0n) is 16.4. The maximum absolute atomic E-state index is 9.65. The highest BCUT2D eigenvalue weighted by Gasteiger charge is 2.27. The Morgan fingerprint density at radius 2 is 1.56 bits per heavy atom. The Hall–Kier alpha value is -0.980. The Morgan fingerprint density at radius 1 is 0.960 bits per heavy atom. The smallest absolute Gasteiger partial charge is 0.146 e. The molecule has 0 amide bonds. The maximum Gasteiger partial charge on any atom is 0.146 e. The van der Waals surface area contributed by atoms with Crippen LogP contribution < -0.4 is 0 Å². The average Bonchev–Trinajstić information content (AvgIpc) is 2.90. The van der Waals surface area contributed by atoms with Crippen molar-refractivity contribution < 1.29 is 5.11 Å². The van der Waals surface area contributed by atoms with Gasteiger partial charge in [-0.2, -0.15) is 0 Å². The topological polar surface area (TPSA) is 57.4 Å². The third-order valence-electron chi connectivity index (χ3n) is 5.57.